The molecule has 10 rings (SSSR count). The fraction of sp³-hybridized carbons (Fsp3) is 0. The van der Waals surface area contributed by atoms with Gasteiger partial charge in [0, 0.05) is 16.7 Å². The number of fused-ring (bicyclic) bond motifs is 4. The van der Waals surface area contributed by atoms with E-state index in [1.165, 1.54) is 49.0 Å². The van der Waals surface area contributed by atoms with Gasteiger partial charge in [-0.15, -0.1) is 0 Å². The molecule has 0 radical (unpaired) electrons. The van der Waals surface area contributed by atoms with E-state index >= 15 is 0 Å². The third-order valence-electron chi connectivity index (χ3n) is 10.3. The highest BCUT2D eigenvalue weighted by atomic mass is 15.0. The zero-order valence-electron chi connectivity index (χ0n) is 29.4. The van der Waals surface area contributed by atoms with Crippen molar-refractivity contribution in [1.82, 2.24) is 15.0 Å². The monoisotopic (exact) mass is 687 g/mol. The van der Waals surface area contributed by atoms with Crippen LogP contribution in [-0.2, 0) is 0 Å². The third-order valence-corrected chi connectivity index (χ3v) is 10.3. The normalized spacial score (nSPS) is 11.3. The van der Waals surface area contributed by atoms with E-state index in [-0.39, 0.29) is 0 Å². The van der Waals surface area contributed by atoms with E-state index in [1.807, 2.05) is 24.3 Å². The molecule has 0 saturated carbocycles. The van der Waals surface area contributed by atoms with Gasteiger partial charge in [0.1, 0.15) is 0 Å². The van der Waals surface area contributed by atoms with Gasteiger partial charge < -0.3 is 0 Å². The van der Waals surface area contributed by atoms with Crippen molar-refractivity contribution in [2.45, 2.75) is 0 Å². The number of aromatic nitrogens is 3. The summed E-state index contributed by atoms with van der Waals surface area (Å²) in [4.78, 5) is 15.3. The van der Waals surface area contributed by atoms with E-state index in [2.05, 4.69) is 176 Å². The Kier molecular flexibility index (Phi) is 7.81. The Morgan fingerprint density at radius 2 is 0.722 bits per heavy atom. The van der Waals surface area contributed by atoms with Crippen LogP contribution >= 0.6 is 0 Å². The molecule has 1 heterocycles. The zero-order valence-corrected chi connectivity index (χ0v) is 29.4. The van der Waals surface area contributed by atoms with Crippen LogP contribution in [0.3, 0.4) is 0 Å². The van der Waals surface area contributed by atoms with Crippen LogP contribution in [0.15, 0.2) is 200 Å². The maximum absolute atomic E-state index is 5.16. The zero-order chi connectivity index (χ0) is 35.8. The Morgan fingerprint density at radius 3 is 1.44 bits per heavy atom. The minimum Gasteiger partial charge on any atom is -0.208 e. The summed E-state index contributed by atoms with van der Waals surface area (Å²) in [6.07, 6.45) is 0. The number of benzene rings is 9. The van der Waals surface area contributed by atoms with Crippen LogP contribution in [0.4, 0.5) is 0 Å². The van der Waals surface area contributed by atoms with Crippen LogP contribution in [-0.4, -0.2) is 15.0 Å². The largest absolute Gasteiger partial charge is 0.208 e. The van der Waals surface area contributed by atoms with Gasteiger partial charge in [-0.1, -0.05) is 194 Å². The molecular formula is C51H33N3. The quantitative estimate of drug-likeness (QED) is 0.129. The van der Waals surface area contributed by atoms with Gasteiger partial charge in [-0.25, -0.2) is 15.0 Å². The lowest BCUT2D eigenvalue weighted by Gasteiger charge is -2.15. The summed E-state index contributed by atoms with van der Waals surface area (Å²) in [5.41, 5.74) is 9.76. The van der Waals surface area contributed by atoms with Crippen LogP contribution < -0.4 is 0 Å². The Bertz CT molecular complexity index is 2950. The second-order valence-electron chi connectivity index (χ2n) is 13.6. The molecule has 0 aliphatic rings. The maximum atomic E-state index is 5.16. The van der Waals surface area contributed by atoms with Crippen LogP contribution in [0.25, 0.3) is 99.9 Å². The summed E-state index contributed by atoms with van der Waals surface area (Å²) in [5, 5.41) is 7.46. The van der Waals surface area contributed by atoms with Crippen LogP contribution in [0.5, 0.6) is 0 Å². The third kappa shape index (κ3) is 5.69. The molecule has 252 valence electrons. The highest BCUT2D eigenvalue weighted by Gasteiger charge is 2.17. The van der Waals surface area contributed by atoms with E-state index in [9.17, 15) is 0 Å². The Morgan fingerprint density at radius 1 is 0.241 bits per heavy atom. The highest BCUT2D eigenvalue weighted by Crippen LogP contribution is 2.40. The Hall–Kier alpha value is -7.23. The Balaban J connectivity index is 1.10. The smallest absolute Gasteiger partial charge is 0.164 e. The molecule has 0 N–H and O–H groups in total. The van der Waals surface area contributed by atoms with E-state index in [4.69, 9.17) is 15.0 Å². The van der Waals surface area contributed by atoms with Gasteiger partial charge >= 0.3 is 0 Å². The predicted molar refractivity (Wildman–Crippen MR) is 225 cm³/mol. The predicted octanol–water partition coefficient (Wildman–Crippen LogP) is 13.3. The van der Waals surface area contributed by atoms with Gasteiger partial charge in [0.2, 0.25) is 0 Å². The van der Waals surface area contributed by atoms with Crippen LogP contribution in [0.1, 0.15) is 0 Å². The first-order valence-corrected chi connectivity index (χ1v) is 18.3. The molecule has 10 aromatic rings. The summed E-state index contributed by atoms with van der Waals surface area (Å²) >= 11 is 0. The lowest BCUT2D eigenvalue weighted by molar-refractivity contribution is 1.07. The molecular weight excluding hydrogens is 655 g/mol. The minimum absolute atomic E-state index is 0.633. The molecule has 54 heavy (non-hydrogen) atoms. The summed E-state index contributed by atoms with van der Waals surface area (Å²) in [7, 11) is 0. The van der Waals surface area contributed by atoms with Crippen molar-refractivity contribution in [1.29, 1.82) is 0 Å². The highest BCUT2D eigenvalue weighted by molar-refractivity contribution is 6.20. The van der Waals surface area contributed by atoms with E-state index in [1.54, 1.807) is 0 Å². The summed E-state index contributed by atoms with van der Waals surface area (Å²) in [6, 6.07) is 70.6. The maximum Gasteiger partial charge on any atom is 0.164 e. The molecule has 9 aromatic carbocycles. The lowest BCUT2D eigenvalue weighted by atomic mass is 9.89. The molecule has 0 amide bonds. The minimum atomic E-state index is 0.633. The summed E-state index contributed by atoms with van der Waals surface area (Å²) < 4.78 is 0. The number of hydrogen-bond acceptors (Lipinski definition) is 3. The van der Waals surface area contributed by atoms with Crippen molar-refractivity contribution in [2.24, 2.45) is 0 Å². The SMILES string of the molecule is c1ccc(-c2ccc(-c3ccccc3-c3nc(-c4ccccc4)nc(-c4ccc(-c5c6ccccc6cc6c5ccc5ccccc56)cc4)n3)cc2)cc1. The number of nitrogens with zero attached hydrogens (tertiary/aromatic N) is 3. The standard InChI is InChI=1S/C51H33N3/c1-3-13-34(14-4-1)35-23-25-37(26-24-35)42-19-11-12-22-46(42)51-53-49(39-16-5-2-6-17-39)52-50(54-51)40-29-27-38(28-30-40)48-44-21-10-8-18-41(44)33-47-43-20-9-7-15-36(43)31-32-45(47)48/h1-33H. The molecule has 1 aromatic heterocycles. The summed E-state index contributed by atoms with van der Waals surface area (Å²) in [5.74, 6) is 1.91. The van der Waals surface area contributed by atoms with Gasteiger partial charge in [0.25, 0.3) is 0 Å². The van der Waals surface area contributed by atoms with Gasteiger partial charge in [-0.05, 0) is 71.8 Å². The molecule has 0 spiro atoms. The number of hydrogen-bond donors (Lipinski definition) is 0. The first-order valence-electron chi connectivity index (χ1n) is 18.3. The van der Waals surface area contributed by atoms with E-state index < -0.39 is 0 Å². The number of rotatable bonds is 6. The van der Waals surface area contributed by atoms with Crippen molar-refractivity contribution < 1.29 is 0 Å². The second-order valence-corrected chi connectivity index (χ2v) is 13.6. The van der Waals surface area contributed by atoms with Gasteiger partial charge in [0.15, 0.2) is 17.5 Å². The fourth-order valence-corrected chi connectivity index (χ4v) is 7.66. The Labute approximate surface area is 313 Å². The average molecular weight is 688 g/mol. The molecule has 3 nitrogen and oxygen atoms in total. The first-order chi connectivity index (χ1) is 26.8. The molecule has 3 heteroatoms. The van der Waals surface area contributed by atoms with Crippen molar-refractivity contribution in [3.05, 3.63) is 200 Å². The average Bonchev–Trinajstić information content (AvgIpc) is 3.26. The van der Waals surface area contributed by atoms with Gasteiger partial charge in [0.05, 0.1) is 0 Å². The topological polar surface area (TPSA) is 38.7 Å². The van der Waals surface area contributed by atoms with E-state index in [0.29, 0.717) is 17.5 Å². The molecule has 0 fully saturated rings. The fourth-order valence-electron chi connectivity index (χ4n) is 7.66. The van der Waals surface area contributed by atoms with Crippen molar-refractivity contribution in [3.8, 4) is 67.5 Å². The molecule has 0 aliphatic heterocycles. The van der Waals surface area contributed by atoms with Gasteiger partial charge in [-0.3, -0.25) is 0 Å². The lowest BCUT2D eigenvalue weighted by Crippen LogP contribution is -2.01. The molecule has 0 atom stereocenters. The van der Waals surface area contributed by atoms with Crippen molar-refractivity contribution >= 4 is 32.3 Å². The van der Waals surface area contributed by atoms with E-state index in [0.717, 1.165) is 33.4 Å². The summed E-state index contributed by atoms with van der Waals surface area (Å²) in [6.45, 7) is 0. The second kappa shape index (κ2) is 13.4. The van der Waals surface area contributed by atoms with Crippen molar-refractivity contribution in [2.75, 3.05) is 0 Å². The molecule has 0 saturated heterocycles. The molecule has 0 unspecified atom stereocenters. The molecule has 0 bridgehead atoms. The molecule has 0 aliphatic carbocycles. The first kappa shape index (κ1) is 31.5. The van der Waals surface area contributed by atoms with Crippen LogP contribution in [0, 0.1) is 0 Å². The van der Waals surface area contributed by atoms with Crippen molar-refractivity contribution in [3.63, 3.8) is 0 Å². The van der Waals surface area contributed by atoms with Crippen LogP contribution in [0.2, 0.25) is 0 Å². The van der Waals surface area contributed by atoms with Gasteiger partial charge in [-0.2, -0.15) is 0 Å².